The minimum atomic E-state index is -0.282. The Balaban J connectivity index is 2.81. The molecule has 0 saturated heterocycles. The van der Waals surface area contributed by atoms with Gasteiger partial charge >= 0.3 is 0 Å². The van der Waals surface area contributed by atoms with Gasteiger partial charge in [-0.15, -0.1) is 0 Å². The van der Waals surface area contributed by atoms with E-state index in [1.807, 2.05) is 0 Å². The smallest absolute Gasteiger partial charge is 0.251 e. The Labute approximate surface area is 94.2 Å². The monoisotopic (exact) mass is 224 g/mol. The van der Waals surface area contributed by atoms with E-state index in [0.717, 1.165) is 0 Å². The van der Waals surface area contributed by atoms with Crippen LogP contribution in [0.4, 0.5) is 5.69 Å². The van der Waals surface area contributed by atoms with Crippen molar-refractivity contribution in [3.63, 3.8) is 0 Å². The van der Waals surface area contributed by atoms with Crippen molar-refractivity contribution in [3.05, 3.63) is 23.8 Å². The van der Waals surface area contributed by atoms with Crippen LogP contribution >= 0.6 is 0 Å². The molecule has 16 heavy (non-hydrogen) atoms. The Morgan fingerprint density at radius 3 is 2.81 bits per heavy atom. The van der Waals surface area contributed by atoms with Gasteiger partial charge in [-0.3, -0.25) is 4.79 Å². The number of hydrogen-bond donors (Lipinski definition) is 3. The van der Waals surface area contributed by atoms with Gasteiger partial charge in [0.15, 0.2) is 0 Å². The summed E-state index contributed by atoms with van der Waals surface area (Å²) >= 11 is 0. The molecule has 1 rings (SSSR count). The predicted octanol–water partition coefficient (Wildman–Crippen LogP) is 0.388. The van der Waals surface area contributed by atoms with E-state index in [0.29, 0.717) is 17.0 Å². The third-order valence-electron chi connectivity index (χ3n) is 2.14. The Kier molecular flexibility index (Phi) is 4.13. The number of nitrogens with two attached hydrogens (primary N) is 1. The largest absolute Gasteiger partial charge is 0.495 e. The van der Waals surface area contributed by atoms with Crippen molar-refractivity contribution < 1.29 is 14.6 Å². The zero-order valence-corrected chi connectivity index (χ0v) is 9.36. The number of ether oxygens (including phenoxy) is 1. The second kappa shape index (κ2) is 5.37. The molecule has 0 aliphatic rings. The quantitative estimate of drug-likeness (QED) is 0.646. The Morgan fingerprint density at radius 2 is 2.31 bits per heavy atom. The number of rotatable bonds is 4. The number of amides is 1. The van der Waals surface area contributed by atoms with Crippen molar-refractivity contribution in [3.8, 4) is 5.75 Å². The predicted molar refractivity (Wildman–Crippen MR) is 61.4 cm³/mol. The molecule has 0 aliphatic heterocycles. The van der Waals surface area contributed by atoms with E-state index in [1.165, 1.54) is 13.2 Å². The molecule has 4 N–H and O–H groups in total. The summed E-state index contributed by atoms with van der Waals surface area (Å²) in [5.41, 5.74) is 6.53. The van der Waals surface area contributed by atoms with Crippen molar-refractivity contribution in [1.29, 1.82) is 0 Å². The van der Waals surface area contributed by atoms with E-state index in [-0.39, 0.29) is 18.6 Å². The third-order valence-corrected chi connectivity index (χ3v) is 2.14. The van der Waals surface area contributed by atoms with E-state index in [2.05, 4.69) is 5.32 Å². The zero-order valence-electron chi connectivity index (χ0n) is 9.36. The number of methoxy groups -OCH3 is 1. The lowest BCUT2D eigenvalue weighted by molar-refractivity contribution is 0.0922. The molecule has 1 unspecified atom stereocenters. The van der Waals surface area contributed by atoms with Crippen LogP contribution in [0.15, 0.2) is 18.2 Å². The maximum absolute atomic E-state index is 11.6. The van der Waals surface area contributed by atoms with E-state index in [4.69, 9.17) is 15.6 Å². The molecule has 0 aromatic heterocycles. The highest BCUT2D eigenvalue weighted by molar-refractivity contribution is 5.95. The molecule has 0 spiro atoms. The van der Waals surface area contributed by atoms with Gasteiger partial charge in [0.25, 0.3) is 5.91 Å². The van der Waals surface area contributed by atoms with Gasteiger partial charge in [-0.2, -0.15) is 0 Å². The summed E-state index contributed by atoms with van der Waals surface area (Å²) < 4.78 is 4.99. The highest BCUT2D eigenvalue weighted by atomic mass is 16.5. The van der Waals surface area contributed by atoms with Crippen LogP contribution in [-0.2, 0) is 0 Å². The number of benzene rings is 1. The first-order valence-corrected chi connectivity index (χ1v) is 4.93. The maximum Gasteiger partial charge on any atom is 0.251 e. The molecule has 5 nitrogen and oxygen atoms in total. The first kappa shape index (κ1) is 12.3. The van der Waals surface area contributed by atoms with Gasteiger partial charge in [0, 0.05) is 11.6 Å². The molecule has 5 heteroatoms. The summed E-state index contributed by atoms with van der Waals surface area (Å²) in [5, 5.41) is 11.4. The normalized spacial score (nSPS) is 11.9. The van der Waals surface area contributed by atoms with Crippen LogP contribution in [0.25, 0.3) is 0 Å². The lowest BCUT2D eigenvalue weighted by Crippen LogP contribution is -2.34. The number of aliphatic hydroxyl groups is 1. The summed E-state index contributed by atoms with van der Waals surface area (Å²) in [5.74, 6) is 0.266. The molecule has 1 aromatic rings. The van der Waals surface area contributed by atoms with Crippen molar-refractivity contribution in [2.75, 3.05) is 19.5 Å². The number of carbonyl (C=O) groups excluding carboxylic acids is 1. The lowest BCUT2D eigenvalue weighted by Gasteiger charge is -2.11. The van der Waals surface area contributed by atoms with Crippen LogP contribution in [0, 0.1) is 0 Å². The molecule has 0 radical (unpaired) electrons. The Morgan fingerprint density at radius 1 is 1.62 bits per heavy atom. The zero-order chi connectivity index (χ0) is 12.1. The van der Waals surface area contributed by atoms with Gasteiger partial charge in [-0.1, -0.05) is 0 Å². The molecule has 0 aliphatic carbocycles. The van der Waals surface area contributed by atoms with E-state index in [9.17, 15) is 4.79 Å². The number of hydrogen-bond acceptors (Lipinski definition) is 4. The van der Waals surface area contributed by atoms with Gasteiger partial charge in [0.1, 0.15) is 5.75 Å². The summed E-state index contributed by atoms with van der Waals surface area (Å²) in [7, 11) is 1.51. The second-order valence-electron chi connectivity index (χ2n) is 3.51. The van der Waals surface area contributed by atoms with Gasteiger partial charge in [0.2, 0.25) is 0 Å². The Hall–Kier alpha value is -1.75. The molecule has 0 fully saturated rings. The summed E-state index contributed by atoms with van der Waals surface area (Å²) in [6.45, 7) is 1.61. The van der Waals surface area contributed by atoms with Crippen molar-refractivity contribution >= 4 is 11.6 Å². The van der Waals surface area contributed by atoms with Crippen molar-refractivity contribution in [2.45, 2.75) is 13.0 Å². The minimum absolute atomic E-state index is 0.0998. The average molecular weight is 224 g/mol. The average Bonchev–Trinajstić information content (AvgIpc) is 2.28. The molecule has 88 valence electrons. The van der Waals surface area contributed by atoms with Crippen LogP contribution in [0.2, 0.25) is 0 Å². The van der Waals surface area contributed by atoms with Gasteiger partial charge < -0.3 is 20.9 Å². The topological polar surface area (TPSA) is 84.6 Å². The van der Waals surface area contributed by atoms with Crippen LogP contribution in [0.1, 0.15) is 17.3 Å². The second-order valence-corrected chi connectivity index (χ2v) is 3.51. The minimum Gasteiger partial charge on any atom is -0.495 e. The van der Waals surface area contributed by atoms with Crippen LogP contribution in [-0.4, -0.2) is 30.8 Å². The lowest BCUT2D eigenvalue weighted by atomic mass is 10.1. The maximum atomic E-state index is 11.6. The fraction of sp³-hybridized carbons (Fsp3) is 0.364. The molecule has 0 saturated carbocycles. The number of nitrogens with one attached hydrogen (secondary N) is 1. The number of aliphatic hydroxyl groups excluding tert-OH is 1. The third kappa shape index (κ3) is 2.87. The van der Waals surface area contributed by atoms with Crippen molar-refractivity contribution in [2.24, 2.45) is 0 Å². The summed E-state index contributed by atoms with van der Waals surface area (Å²) in [6.07, 6.45) is 0. The number of carbonyl (C=O) groups is 1. The first-order valence-electron chi connectivity index (χ1n) is 4.93. The molecule has 1 aromatic carbocycles. The molecule has 1 amide bonds. The van der Waals surface area contributed by atoms with Gasteiger partial charge in [-0.05, 0) is 25.1 Å². The highest BCUT2D eigenvalue weighted by Crippen LogP contribution is 2.21. The Bertz CT molecular complexity index is 379. The SMILES string of the molecule is COc1ccc(C(=O)NC(C)CO)cc1N. The van der Waals surface area contributed by atoms with Gasteiger partial charge in [0.05, 0.1) is 19.4 Å². The van der Waals surface area contributed by atoms with Crippen molar-refractivity contribution in [1.82, 2.24) is 5.32 Å². The van der Waals surface area contributed by atoms with Crippen LogP contribution < -0.4 is 15.8 Å². The summed E-state index contributed by atoms with van der Waals surface area (Å²) in [6, 6.07) is 4.51. The van der Waals surface area contributed by atoms with E-state index >= 15 is 0 Å². The molecule has 1 atom stereocenters. The highest BCUT2D eigenvalue weighted by Gasteiger charge is 2.10. The molecular weight excluding hydrogens is 208 g/mol. The molecular formula is C11H16N2O3. The standard InChI is InChI=1S/C11H16N2O3/c1-7(6-14)13-11(15)8-3-4-10(16-2)9(12)5-8/h3-5,7,14H,6,12H2,1-2H3,(H,13,15). The van der Waals surface area contributed by atoms with E-state index < -0.39 is 0 Å². The fourth-order valence-electron chi connectivity index (χ4n) is 1.23. The number of nitrogen functional groups attached to an aromatic ring is 1. The molecule has 0 bridgehead atoms. The van der Waals surface area contributed by atoms with E-state index in [1.54, 1.807) is 19.1 Å². The van der Waals surface area contributed by atoms with Crippen LogP contribution in [0.3, 0.4) is 0 Å². The van der Waals surface area contributed by atoms with Crippen LogP contribution in [0.5, 0.6) is 5.75 Å². The summed E-state index contributed by atoms with van der Waals surface area (Å²) in [4.78, 5) is 11.6. The van der Waals surface area contributed by atoms with Gasteiger partial charge in [-0.25, -0.2) is 0 Å². The molecule has 0 heterocycles. The number of anilines is 1. The fourth-order valence-corrected chi connectivity index (χ4v) is 1.23. The first-order chi connectivity index (χ1) is 7.58.